The van der Waals surface area contributed by atoms with Crippen molar-refractivity contribution in [1.82, 2.24) is 34.5 Å². The number of nitrogens with zero attached hydrogens (tertiary/aromatic N) is 6. The maximum atomic E-state index is 11.9. The smallest absolute Gasteiger partial charge is 0.234 e. The number of fused-ring (bicyclic) bond motifs is 3. The van der Waals surface area contributed by atoms with Crippen LogP contribution in [0.3, 0.4) is 0 Å². The van der Waals surface area contributed by atoms with Gasteiger partial charge in [-0.25, -0.2) is 14.6 Å². The van der Waals surface area contributed by atoms with Gasteiger partial charge >= 0.3 is 0 Å². The van der Waals surface area contributed by atoms with Crippen molar-refractivity contribution in [3.63, 3.8) is 0 Å². The van der Waals surface area contributed by atoms with E-state index in [2.05, 4.69) is 63.1 Å². The Balaban J connectivity index is 1.36. The number of ether oxygens (including phenoxy) is 1. The van der Waals surface area contributed by atoms with Gasteiger partial charge in [-0.05, 0) is 77.2 Å². The third kappa shape index (κ3) is 4.82. The summed E-state index contributed by atoms with van der Waals surface area (Å²) in [4.78, 5) is 23.8. The predicted octanol–water partition coefficient (Wildman–Crippen LogP) is 3.41. The van der Waals surface area contributed by atoms with Gasteiger partial charge in [-0.15, -0.1) is 0 Å². The summed E-state index contributed by atoms with van der Waals surface area (Å²) in [7, 11) is 0. The number of piperidine rings is 1. The molecule has 4 heterocycles. The molecule has 186 valence electrons. The van der Waals surface area contributed by atoms with E-state index in [0.717, 1.165) is 67.0 Å². The molecule has 0 bridgehead atoms. The van der Waals surface area contributed by atoms with Crippen LogP contribution < -0.4 is 10.1 Å². The Morgan fingerprint density at radius 2 is 1.97 bits per heavy atom. The minimum absolute atomic E-state index is 0.112. The zero-order valence-electron chi connectivity index (χ0n) is 21.1. The van der Waals surface area contributed by atoms with Crippen LogP contribution in [0.25, 0.3) is 22.9 Å². The SMILES string of the molecule is CCNC(=O)CN1CCC(c2ccc3c(c2)OCCn2cc(-c4nc(C)nn4C(C)C)nc2-3)CC1. The van der Waals surface area contributed by atoms with E-state index in [-0.39, 0.29) is 11.9 Å². The molecule has 1 aromatic carbocycles. The van der Waals surface area contributed by atoms with Crippen molar-refractivity contribution in [1.29, 1.82) is 0 Å². The average Bonchev–Trinajstić information content (AvgIpc) is 3.39. The average molecular weight is 478 g/mol. The van der Waals surface area contributed by atoms with Gasteiger partial charge < -0.3 is 14.6 Å². The van der Waals surface area contributed by atoms with Crippen LogP contribution in [0.15, 0.2) is 24.4 Å². The van der Waals surface area contributed by atoms with Crippen molar-refractivity contribution in [2.24, 2.45) is 0 Å². The topological polar surface area (TPSA) is 90.1 Å². The second kappa shape index (κ2) is 9.81. The summed E-state index contributed by atoms with van der Waals surface area (Å²) in [5.41, 5.74) is 3.15. The highest BCUT2D eigenvalue weighted by Gasteiger charge is 2.26. The molecule has 2 aromatic heterocycles. The van der Waals surface area contributed by atoms with Crippen LogP contribution in [0.4, 0.5) is 0 Å². The molecular formula is C26H35N7O2. The van der Waals surface area contributed by atoms with Crippen molar-refractivity contribution in [3.05, 3.63) is 35.8 Å². The lowest BCUT2D eigenvalue weighted by atomic mass is 9.88. The molecular weight excluding hydrogens is 442 g/mol. The summed E-state index contributed by atoms with van der Waals surface area (Å²) in [5, 5.41) is 7.45. The molecule has 9 nitrogen and oxygen atoms in total. The molecule has 0 saturated carbocycles. The summed E-state index contributed by atoms with van der Waals surface area (Å²) in [6.45, 7) is 12.5. The van der Waals surface area contributed by atoms with Gasteiger partial charge in [0.05, 0.1) is 18.7 Å². The molecule has 3 aromatic rings. The fourth-order valence-corrected chi connectivity index (χ4v) is 5.11. The lowest BCUT2D eigenvalue weighted by Gasteiger charge is -2.31. The first-order chi connectivity index (χ1) is 16.9. The maximum Gasteiger partial charge on any atom is 0.234 e. The number of hydrogen-bond donors (Lipinski definition) is 1. The van der Waals surface area contributed by atoms with Crippen LogP contribution in [-0.4, -0.2) is 67.9 Å². The van der Waals surface area contributed by atoms with Crippen LogP contribution in [0.1, 0.15) is 57.0 Å². The second-order valence-electron chi connectivity index (χ2n) is 9.77. The van der Waals surface area contributed by atoms with Crippen LogP contribution in [0.2, 0.25) is 0 Å². The fraction of sp³-hybridized carbons (Fsp3) is 0.538. The van der Waals surface area contributed by atoms with E-state index in [9.17, 15) is 4.79 Å². The molecule has 35 heavy (non-hydrogen) atoms. The van der Waals surface area contributed by atoms with E-state index < -0.39 is 0 Å². The number of carbonyl (C=O) groups is 1. The number of likely N-dealkylation sites (N-methyl/N-ethyl adjacent to an activating group) is 1. The van der Waals surface area contributed by atoms with Crippen molar-refractivity contribution < 1.29 is 9.53 Å². The number of carbonyl (C=O) groups excluding carboxylic acids is 1. The van der Waals surface area contributed by atoms with Gasteiger partial charge in [-0.1, -0.05) is 6.07 Å². The van der Waals surface area contributed by atoms with Crippen LogP contribution in [0.5, 0.6) is 5.75 Å². The Morgan fingerprint density at radius 1 is 1.17 bits per heavy atom. The predicted molar refractivity (Wildman–Crippen MR) is 134 cm³/mol. The van der Waals surface area contributed by atoms with Crippen molar-refractivity contribution >= 4 is 5.91 Å². The highest BCUT2D eigenvalue weighted by atomic mass is 16.5. The maximum absolute atomic E-state index is 11.9. The molecule has 1 saturated heterocycles. The monoisotopic (exact) mass is 477 g/mol. The van der Waals surface area contributed by atoms with E-state index in [1.54, 1.807) is 0 Å². The number of aromatic nitrogens is 5. The summed E-state index contributed by atoms with van der Waals surface area (Å²) in [5.74, 6) is 3.94. The molecule has 0 spiro atoms. The Hall–Kier alpha value is -3.20. The van der Waals surface area contributed by atoms with Gasteiger partial charge in [-0.2, -0.15) is 5.10 Å². The van der Waals surface area contributed by atoms with Gasteiger partial charge in [0.25, 0.3) is 0 Å². The number of aryl methyl sites for hydroxylation is 1. The molecule has 0 aliphatic carbocycles. The van der Waals surface area contributed by atoms with Gasteiger partial charge in [0.15, 0.2) is 5.82 Å². The highest BCUT2D eigenvalue weighted by molar-refractivity contribution is 5.78. The van der Waals surface area contributed by atoms with Crippen molar-refractivity contribution in [3.8, 4) is 28.7 Å². The quantitative estimate of drug-likeness (QED) is 0.585. The molecule has 9 heteroatoms. The number of amides is 1. The number of likely N-dealkylation sites (tertiary alicyclic amines) is 1. The standard InChI is InChI=1S/C26H35N7O2/c1-5-27-24(34)16-31-10-8-19(9-11-31)20-6-7-21-23(14-20)35-13-12-32-15-22(29-25(21)32)26-28-18(4)30-33(26)17(2)3/h6-7,14-15,17,19H,5,8-13,16H2,1-4H3,(H,27,34). The number of hydrogen-bond acceptors (Lipinski definition) is 6. The second-order valence-corrected chi connectivity index (χ2v) is 9.77. The third-order valence-electron chi connectivity index (χ3n) is 6.87. The molecule has 0 unspecified atom stereocenters. The molecule has 1 fully saturated rings. The summed E-state index contributed by atoms with van der Waals surface area (Å²) >= 11 is 0. The van der Waals surface area contributed by atoms with Gasteiger partial charge in [0, 0.05) is 18.8 Å². The van der Waals surface area contributed by atoms with Crippen molar-refractivity contribution in [2.45, 2.75) is 59.0 Å². The molecule has 0 atom stereocenters. The first-order valence-electron chi connectivity index (χ1n) is 12.7. The van der Waals surface area contributed by atoms with Crippen LogP contribution in [0, 0.1) is 6.92 Å². The first-order valence-corrected chi connectivity index (χ1v) is 12.7. The lowest BCUT2D eigenvalue weighted by Crippen LogP contribution is -2.41. The summed E-state index contributed by atoms with van der Waals surface area (Å²) in [6, 6.07) is 6.78. The molecule has 1 N–H and O–H groups in total. The van der Waals surface area contributed by atoms with E-state index >= 15 is 0 Å². The minimum atomic E-state index is 0.112. The Kier molecular flexibility index (Phi) is 6.60. The van der Waals surface area contributed by atoms with Gasteiger partial charge in [0.1, 0.15) is 29.7 Å². The van der Waals surface area contributed by atoms with Crippen molar-refractivity contribution in [2.75, 3.05) is 32.8 Å². The zero-order chi connectivity index (χ0) is 24.5. The zero-order valence-corrected chi connectivity index (χ0v) is 21.1. The fourth-order valence-electron chi connectivity index (χ4n) is 5.11. The molecule has 1 amide bonds. The van der Waals surface area contributed by atoms with Crippen LogP contribution >= 0.6 is 0 Å². The minimum Gasteiger partial charge on any atom is -0.491 e. The molecule has 0 radical (unpaired) electrons. The Bertz CT molecular complexity index is 1200. The summed E-state index contributed by atoms with van der Waals surface area (Å²) < 4.78 is 10.3. The first kappa shape index (κ1) is 23.5. The third-order valence-corrected chi connectivity index (χ3v) is 6.87. The Labute approximate surface area is 206 Å². The number of benzene rings is 1. The van der Waals surface area contributed by atoms with Gasteiger partial charge in [-0.3, -0.25) is 9.69 Å². The van der Waals surface area contributed by atoms with E-state index in [1.165, 1.54) is 5.56 Å². The molecule has 5 rings (SSSR count). The van der Waals surface area contributed by atoms with E-state index in [0.29, 0.717) is 25.6 Å². The number of rotatable bonds is 6. The highest BCUT2D eigenvalue weighted by Crippen LogP contribution is 2.38. The molecule has 2 aliphatic heterocycles. The lowest BCUT2D eigenvalue weighted by molar-refractivity contribution is -0.122. The van der Waals surface area contributed by atoms with E-state index in [4.69, 9.17) is 9.72 Å². The normalized spacial score (nSPS) is 16.5. The largest absolute Gasteiger partial charge is 0.491 e. The van der Waals surface area contributed by atoms with Gasteiger partial charge in [0.2, 0.25) is 5.91 Å². The van der Waals surface area contributed by atoms with Crippen LogP contribution in [-0.2, 0) is 11.3 Å². The summed E-state index contributed by atoms with van der Waals surface area (Å²) in [6.07, 6.45) is 4.15. The molecule has 2 aliphatic rings. The van der Waals surface area contributed by atoms with E-state index in [1.807, 2.05) is 18.5 Å². The Morgan fingerprint density at radius 3 is 2.71 bits per heavy atom. The number of imidazole rings is 1. The number of nitrogens with one attached hydrogen (secondary N) is 1.